The highest BCUT2D eigenvalue weighted by atomic mass is 19.1. The summed E-state index contributed by atoms with van der Waals surface area (Å²) in [6.45, 7) is 4.87. The average molecular weight is 213 g/mol. The quantitative estimate of drug-likeness (QED) is 0.810. The van der Waals surface area contributed by atoms with E-state index < -0.39 is 11.6 Å². The fourth-order valence-electron chi connectivity index (χ4n) is 1.67. The second-order valence-electron chi connectivity index (χ2n) is 4.03. The van der Waals surface area contributed by atoms with E-state index in [2.05, 4.69) is 12.2 Å². The molecule has 84 valence electrons. The van der Waals surface area contributed by atoms with Gasteiger partial charge in [0.1, 0.15) is 11.6 Å². The van der Waals surface area contributed by atoms with Gasteiger partial charge < -0.3 is 5.32 Å². The highest BCUT2D eigenvalue weighted by molar-refractivity contribution is 5.22. The second-order valence-corrected chi connectivity index (χ2v) is 4.03. The fourth-order valence-corrected chi connectivity index (χ4v) is 1.67. The molecule has 0 saturated carbocycles. The van der Waals surface area contributed by atoms with Crippen molar-refractivity contribution in [1.82, 2.24) is 5.32 Å². The number of hydrogen-bond donors (Lipinski definition) is 1. The number of nitrogens with one attached hydrogen (secondary N) is 1. The standard InChI is InChI=1S/C12H17F2N/c1-8(7-15-3)9(2)10-4-11(13)6-12(14)5-10/h4-6,8-9,15H,7H2,1-3H3. The number of halogens is 2. The zero-order valence-electron chi connectivity index (χ0n) is 9.35. The Morgan fingerprint density at radius 1 is 1.13 bits per heavy atom. The Morgan fingerprint density at radius 2 is 1.67 bits per heavy atom. The van der Waals surface area contributed by atoms with E-state index in [-0.39, 0.29) is 5.92 Å². The van der Waals surface area contributed by atoms with Gasteiger partial charge in [0, 0.05) is 6.07 Å². The van der Waals surface area contributed by atoms with Crippen molar-refractivity contribution in [1.29, 1.82) is 0 Å². The maximum absolute atomic E-state index is 13.0. The highest BCUT2D eigenvalue weighted by Gasteiger charge is 2.15. The van der Waals surface area contributed by atoms with Crippen molar-refractivity contribution in [3.8, 4) is 0 Å². The molecule has 0 fully saturated rings. The largest absolute Gasteiger partial charge is 0.319 e. The zero-order valence-corrected chi connectivity index (χ0v) is 9.35. The third-order valence-electron chi connectivity index (χ3n) is 2.79. The minimum absolute atomic E-state index is 0.141. The van der Waals surface area contributed by atoms with E-state index >= 15 is 0 Å². The molecule has 0 radical (unpaired) electrons. The molecule has 15 heavy (non-hydrogen) atoms. The molecule has 0 spiro atoms. The Bertz CT molecular complexity index is 305. The van der Waals surface area contributed by atoms with E-state index in [0.29, 0.717) is 5.92 Å². The van der Waals surface area contributed by atoms with Crippen LogP contribution in [0.25, 0.3) is 0 Å². The van der Waals surface area contributed by atoms with Gasteiger partial charge in [-0.2, -0.15) is 0 Å². The molecule has 0 amide bonds. The molecule has 0 heterocycles. The van der Waals surface area contributed by atoms with Crippen LogP contribution in [-0.2, 0) is 0 Å². The Kier molecular flexibility index (Phi) is 4.21. The van der Waals surface area contributed by atoms with Crippen molar-refractivity contribution in [3.05, 3.63) is 35.4 Å². The monoisotopic (exact) mass is 213 g/mol. The van der Waals surface area contributed by atoms with Gasteiger partial charge in [-0.05, 0) is 43.1 Å². The predicted molar refractivity (Wildman–Crippen MR) is 57.9 cm³/mol. The van der Waals surface area contributed by atoms with Crippen molar-refractivity contribution in [2.24, 2.45) is 5.92 Å². The van der Waals surface area contributed by atoms with Gasteiger partial charge in [-0.1, -0.05) is 13.8 Å². The summed E-state index contributed by atoms with van der Waals surface area (Å²) in [5, 5.41) is 3.06. The van der Waals surface area contributed by atoms with Gasteiger partial charge in [-0.3, -0.25) is 0 Å². The van der Waals surface area contributed by atoms with Gasteiger partial charge in [0.2, 0.25) is 0 Å². The number of benzene rings is 1. The molecule has 0 aliphatic carbocycles. The molecular weight excluding hydrogens is 196 g/mol. The van der Waals surface area contributed by atoms with Crippen molar-refractivity contribution in [2.75, 3.05) is 13.6 Å². The van der Waals surface area contributed by atoms with Crippen molar-refractivity contribution in [3.63, 3.8) is 0 Å². The van der Waals surface area contributed by atoms with E-state index in [0.717, 1.165) is 18.2 Å². The molecule has 1 aromatic carbocycles. The molecule has 1 nitrogen and oxygen atoms in total. The van der Waals surface area contributed by atoms with Crippen LogP contribution in [0.1, 0.15) is 25.3 Å². The maximum Gasteiger partial charge on any atom is 0.126 e. The van der Waals surface area contributed by atoms with E-state index in [4.69, 9.17) is 0 Å². The molecule has 0 aromatic heterocycles. The summed E-state index contributed by atoms with van der Waals surface area (Å²) in [6.07, 6.45) is 0. The Labute approximate surface area is 89.5 Å². The van der Waals surface area contributed by atoms with Gasteiger partial charge in [-0.15, -0.1) is 0 Å². The van der Waals surface area contributed by atoms with Gasteiger partial charge in [0.15, 0.2) is 0 Å². The molecule has 1 N–H and O–H groups in total. The lowest BCUT2D eigenvalue weighted by atomic mass is 9.89. The Morgan fingerprint density at radius 3 is 2.13 bits per heavy atom. The average Bonchev–Trinajstić information content (AvgIpc) is 2.15. The summed E-state index contributed by atoms with van der Waals surface area (Å²) in [5.41, 5.74) is 0.718. The zero-order chi connectivity index (χ0) is 11.4. The highest BCUT2D eigenvalue weighted by Crippen LogP contribution is 2.24. The van der Waals surface area contributed by atoms with Crippen molar-refractivity contribution < 1.29 is 8.78 Å². The summed E-state index contributed by atoms with van der Waals surface area (Å²) in [5.74, 6) is -0.527. The molecule has 1 aromatic rings. The SMILES string of the molecule is CNCC(C)C(C)c1cc(F)cc(F)c1. The van der Waals surface area contributed by atoms with Crippen LogP contribution in [0, 0.1) is 17.6 Å². The van der Waals surface area contributed by atoms with Crippen LogP contribution in [-0.4, -0.2) is 13.6 Å². The summed E-state index contributed by atoms with van der Waals surface area (Å²) >= 11 is 0. The summed E-state index contributed by atoms with van der Waals surface area (Å²) in [7, 11) is 1.87. The van der Waals surface area contributed by atoms with Crippen LogP contribution in [0.3, 0.4) is 0 Å². The molecular formula is C12H17F2N. The van der Waals surface area contributed by atoms with Gasteiger partial charge in [-0.25, -0.2) is 8.78 Å². The maximum atomic E-state index is 13.0. The molecule has 2 atom stereocenters. The fraction of sp³-hybridized carbons (Fsp3) is 0.500. The van der Waals surface area contributed by atoms with Crippen LogP contribution in [0.5, 0.6) is 0 Å². The third-order valence-corrected chi connectivity index (χ3v) is 2.79. The lowest BCUT2D eigenvalue weighted by Crippen LogP contribution is -2.21. The van der Waals surface area contributed by atoms with Gasteiger partial charge >= 0.3 is 0 Å². The topological polar surface area (TPSA) is 12.0 Å². The molecule has 2 unspecified atom stereocenters. The normalized spacial score (nSPS) is 15.0. The van der Waals surface area contributed by atoms with Crippen LogP contribution >= 0.6 is 0 Å². The first kappa shape index (κ1) is 12.1. The molecule has 0 saturated heterocycles. The Hall–Kier alpha value is -0.960. The van der Waals surface area contributed by atoms with Crippen LogP contribution in [0.15, 0.2) is 18.2 Å². The van der Waals surface area contributed by atoms with Gasteiger partial charge in [0.25, 0.3) is 0 Å². The van der Waals surface area contributed by atoms with E-state index in [1.54, 1.807) is 0 Å². The Balaban J connectivity index is 2.85. The summed E-state index contributed by atoms with van der Waals surface area (Å²) in [4.78, 5) is 0. The van der Waals surface area contributed by atoms with Crippen LogP contribution in [0.4, 0.5) is 8.78 Å². The third kappa shape index (κ3) is 3.27. The smallest absolute Gasteiger partial charge is 0.126 e. The molecule has 3 heteroatoms. The van der Waals surface area contributed by atoms with Crippen LogP contribution in [0.2, 0.25) is 0 Å². The summed E-state index contributed by atoms with van der Waals surface area (Å²) in [6, 6.07) is 3.71. The molecule has 0 bridgehead atoms. The first-order chi connectivity index (χ1) is 7.04. The number of rotatable bonds is 4. The molecule has 0 aliphatic heterocycles. The lowest BCUT2D eigenvalue weighted by Gasteiger charge is -2.20. The second kappa shape index (κ2) is 5.21. The minimum atomic E-state index is -0.506. The lowest BCUT2D eigenvalue weighted by molar-refractivity contribution is 0.461. The first-order valence-electron chi connectivity index (χ1n) is 5.15. The minimum Gasteiger partial charge on any atom is -0.319 e. The van der Waals surface area contributed by atoms with Crippen molar-refractivity contribution >= 4 is 0 Å². The van der Waals surface area contributed by atoms with Crippen molar-refractivity contribution in [2.45, 2.75) is 19.8 Å². The van der Waals surface area contributed by atoms with Gasteiger partial charge in [0.05, 0.1) is 0 Å². The molecule has 0 aliphatic rings. The predicted octanol–water partition coefficient (Wildman–Crippen LogP) is 2.92. The van der Waals surface area contributed by atoms with Crippen LogP contribution < -0.4 is 5.32 Å². The molecule has 1 rings (SSSR count). The van der Waals surface area contributed by atoms with E-state index in [1.165, 1.54) is 12.1 Å². The summed E-state index contributed by atoms with van der Waals surface area (Å²) < 4.78 is 26.0. The van der Waals surface area contributed by atoms with E-state index in [9.17, 15) is 8.78 Å². The van der Waals surface area contributed by atoms with E-state index in [1.807, 2.05) is 14.0 Å². The first-order valence-corrected chi connectivity index (χ1v) is 5.15. The number of hydrogen-bond acceptors (Lipinski definition) is 1.